The number of nitrogens with zero attached hydrogens (tertiary/aromatic N) is 2. The van der Waals surface area contributed by atoms with Crippen molar-refractivity contribution in [1.29, 1.82) is 0 Å². The van der Waals surface area contributed by atoms with E-state index < -0.39 is 27.7 Å². The third-order valence-electron chi connectivity index (χ3n) is 5.03. The molecule has 0 fully saturated rings. The normalized spacial score (nSPS) is 16.0. The SMILES string of the molecule is CC[C@@H]1c2cccn2-c2cc(F)c(F)cc2N1S(=O)(=O)c1ccc(O)c(C)c1. The fourth-order valence-electron chi connectivity index (χ4n) is 3.64. The van der Waals surface area contributed by atoms with Crippen LogP contribution in [0.2, 0.25) is 0 Å². The van der Waals surface area contributed by atoms with E-state index in [9.17, 15) is 22.3 Å². The fraction of sp³-hybridized carbons (Fsp3) is 0.200. The van der Waals surface area contributed by atoms with Crippen molar-refractivity contribution in [3.63, 3.8) is 0 Å². The zero-order valence-corrected chi connectivity index (χ0v) is 16.0. The van der Waals surface area contributed by atoms with Gasteiger partial charge in [-0.1, -0.05) is 6.92 Å². The summed E-state index contributed by atoms with van der Waals surface area (Å²) >= 11 is 0. The molecule has 1 aliphatic heterocycles. The van der Waals surface area contributed by atoms with E-state index in [4.69, 9.17) is 0 Å². The average molecular weight is 404 g/mol. The minimum Gasteiger partial charge on any atom is -0.508 e. The molecule has 2 heterocycles. The van der Waals surface area contributed by atoms with Crippen LogP contribution < -0.4 is 4.31 Å². The lowest BCUT2D eigenvalue weighted by Crippen LogP contribution is -2.39. The van der Waals surface area contributed by atoms with Gasteiger partial charge in [-0.25, -0.2) is 17.2 Å². The van der Waals surface area contributed by atoms with Crippen molar-refractivity contribution in [2.24, 2.45) is 0 Å². The molecule has 0 radical (unpaired) electrons. The Kier molecular flexibility index (Phi) is 4.19. The van der Waals surface area contributed by atoms with E-state index in [1.54, 1.807) is 29.8 Å². The van der Waals surface area contributed by atoms with Crippen molar-refractivity contribution < 1.29 is 22.3 Å². The number of phenols is 1. The standard InChI is InChI=1S/C20H18F2N2O3S/c1-3-16-17-5-4-8-23(17)18-10-14(21)15(22)11-19(18)24(16)28(26,27)13-6-7-20(25)12(2)9-13/h4-11,16,25H,3H2,1-2H3/t16-/m1/s1. The first-order chi connectivity index (χ1) is 13.3. The fourth-order valence-corrected chi connectivity index (χ4v) is 5.43. The van der Waals surface area contributed by atoms with Crippen LogP contribution in [-0.4, -0.2) is 18.1 Å². The summed E-state index contributed by atoms with van der Waals surface area (Å²) in [7, 11) is -4.11. The molecule has 28 heavy (non-hydrogen) atoms. The third-order valence-corrected chi connectivity index (χ3v) is 6.85. The number of aromatic nitrogens is 1. The van der Waals surface area contributed by atoms with Crippen LogP contribution in [0.15, 0.2) is 53.6 Å². The molecule has 2 aromatic carbocycles. The smallest absolute Gasteiger partial charge is 0.265 e. The zero-order valence-electron chi connectivity index (χ0n) is 15.2. The maximum Gasteiger partial charge on any atom is 0.265 e. The molecule has 0 amide bonds. The molecule has 1 N–H and O–H groups in total. The number of sulfonamides is 1. The highest BCUT2D eigenvalue weighted by Crippen LogP contribution is 2.44. The Morgan fingerprint density at radius 3 is 2.39 bits per heavy atom. The van der Waals surface area contributed by atoms with Crippen molar-refractivity contribution >= 4 is 15.7 Å². The highest BCUT2D eigenvalue weighted by Gasteiger charge is 2.39. The summed E-state index contributed by atoms with van der Waals surface area (Å²) in [5.74, 6) is -2.19. The summed E-state index contributed by atoms with van der Waals surface area (Å²) in [6.07, 6.45) is 2.13. The molecule has 146 valence electrons. The average Bonchev–Trinajstić information content (AvgIpc) is 3.13. The van der Waals surface area contributed by atoms with Gasteiger partial charge in [-0.3, -0.25) is 4.31 Å². The number of fused-ring (bicyclic) bond motifs is 3. The monoisotopic (exact) mass is 404 g/mol. The van der Waals surface area contributed by atoms with Crippen LogP contribution >= 0.6 is 0 Å². The van der Waals surface area contributed by atoms with Crippen molar-refractivity contribution in [2.45, 2.75) is 31.2 Å². The summed E-state index contributed by atoms with van der Waals surface area (Å²) in [5.41, 5.74) is 1.39. The zero-order chi connectivity index (χ0) is 20.2. The lowest BCUT2D eigenvalue weighted by Gasteiger charge is -2.38. The topological polar surface area (TPSA) is 62.5 Å². The van der Waals surface area contributed by atoms with Gasteiger partial charge in [-0.05, 0) is 49.2 Å². The molecule has 1 atom stereocenters. The predicted molar refractivity (Wildman–Crippen MR) is 101 cm³/mol. The molecule has 0 bridgehead atoms. The molecule has 1 aliphatic rings. The second kappa shape index (κ2) is 6.34. The van der Waals surface area contributed by atoms with Crippen molar-refractivity contribution in [1.82, 2.24) is 4.57 Å². The predicted octanol–water partition coefficient (Wildman–Crippen LogP) is 4.43. The van der Waals surface area contributed by atoms with Crippen LogP contribution in [0.5, 0.6) is 5.75 Å². The van der Waals surface area contributed by atoms with Crippen LogP contribution in [0, 0.1) is 18.6 Å². The Labute approximate surface area is 161 Å². The lowest BCUT2D eigenvalue weighted by atomic mass is 10.1. The van der Waals surface area contributed by atoms with E-state index in [1.807, 2.05) is 6.92 Å². The summed E-state index contributed by atoms with van der Waals surface area (Å²) in [5, 5.41) is 9.74. The Morgan fingerprint density at radius 2 is 1.75 bits per heavy atom. The van der Waals surface area contributed by atoms with Gasteiger partial charge < -0.3 is 9.67 Å². The van der Waals surface area contributed by atoms with Gasteiger partial charge in [0, 0.05) is 24.0 Å². The highest BCUT2D eigenvalue weighted by atomic mass is 32.2. The number of halogens is 2. The molecule has 3 aromatic rings. The van der Waals surface area contributed by atoms with E-state index in [-0.39, 0.29) is 22.0 Å². The number of hydrogen-bond acceptors (Lipinski definition) is 3. The van der Waals surface area contributed by atoms with Crippen LogP contribution in [-0.2, 0) is 10.0 Å². The third kappa shape index (κ3) is 2.59. The number of hydrogen-bond donors (Lipinski definition) is 1. The maximum atomic E-state index is 14.1. The Balaban J connectivity index is 2.00. The Bertz CT molecular complexity index is 1190. The largest absolute Gasteiger partial charge is 0.508 e. The molecule has 0 saturated carbocycles. The van der Waals surface area contributed by atoms with Gasteiger partial charge in [0.1, 0.15) is 5.75 Å². The second-order valence-corrected chi connectivity index (χ2v) is 8.55. The number of aromatic hydroxyl groups is 1. The summed E-state index contributed by atoms with van der Waals surface area (Å²) in [6.45, 7) is 3.42. The number of phenolic OH excluding ortho intramolecular Hbond substituents is 1. The van der Waals surface area contributed by atoms with Crippen LogP contribution in [0.25, 0.3) is 5.69 Å². The van der Waals surface area contributed by atoms with Gasteiger partial charge in [0.15, 0.2) is 11.6 Å². The van der Waals surface area contributed by atoms with E-state index in [1.165, 1.54) is 18.2 Å². The minimum absolute atomic E-state index is 0.0213. The van der Waals surface area contributed by atoms with Gasteiger partial charge in [-0.2, -0.15) is 0 Å². The summed E-state index contributed by atoms with van der Waals surface area (Å²) < 4.78 is 57.9. The molecule has 0 aliphatic carbocycles. The molecular formula is C20H18F2N2O3S. The van der Waals surface area contributed by atoms with Gasteiger partial charge in [0.2, 0.25) is 0 Å². The molecular weight excluding hydrogens is 386 g/mol. The van der Waals surface area contributed by atoms with Crippen LogP contribution in [0.4, 0.5) is 14.5 Å². The van der Waals surface area contributed by atoms with E-state index in [2.05, 4.69) is 0 Å². The van der Waals surface area contributed by atoms with Gasteiger partial charge in [0.05, 0.1) is 22.3 Å². The van der Waals surface area contributed by atoms with E-state index >= 15 is 0 Å². The number of anilines is 1. The number of aryl methyl sites for hydroxylation is 1. The van der Waals surface area contributed by atoms with E-state index in [0.717, 1.165) is 16.4 Å². The first-order valence-corrected chi connectivity index (χ1v) is 10.2. The van der Waals surface area contributed by atoms with Crippen molar-refractivity contribution in [3.05, 3.63) is 71.6 Å². The first-order valence-electron chi connectivity index (χ1n) is 8.76. The molecule has 5 nitrogen and oxygen atoms in total. The maximum absolute atomic E-state index is 14.1. The number of benzene rings is 2. The molecule has 8 heteroatoms. The molecule has 0 unspecified atom stereocenters. The van der Waals surface area contributed by atoms with Gasteiger partial charge >= 0.3 is 0 Å². The van der Waals surface area contributed by atoms with Crippen molar-refractivity contribution in [2.75, 3.05) is 4.31 Å². The molecule has 0 spiro atoms. The van der Waals surface area contributed by atoms with Crippen LogP contribution in [0.1, 0.15) is 30.6 Å². The van der Waals surface area contributed by atoms with E-state index in [0.29, 0.717) is 17.7 Å². The molecule has 1 aromatic heterocycles. The molecule has 4 rings (SSSR count). The second-order valence-electron chi connectivity index (χ2n) is 6.73. The Hall–Kier alpha value is -2.87. The highest BCUT2D eigenvalue weighted by molar-refractivity contribution is 7.92. The van der Waals surface area contributed by atoms with Crippen LogP contribution in [0.3, 0.4) is 0 Å². The Morgan fingerprint density at radius 1 is 1.07 bits per heavy atom. The molecule has 0 saturated heterocycles. The number of rotatable bonds is 3. The summed E-state index contributed by atoms with van der Waals surface area (Å²) in [4.78, 5) is -0.0306. The summed E-state index contributed by atoms with van der Waals surface area (Å²) in [6, 6.07) is 8.81. The van der Waals surface area contributed by atoms with Crippen molar-refractivity contribution in [3.8, 4) is 11.4 Å². The first kappa shape index (κ1) is 18.5. The lowest BCUT2D eigenvalue weighted by molar-refractivity contribution is 0.470. The minimum atomic E-state index is -4.11. The quantitative estimate of drug-likeness (QED) is 0.703. The van der Waals surface area contributed by atoms with Gasteiger partial charge in [0.25, 0.3) is 10.0 Å². The van der Waals surface area contributed by atoms with Gasteiger partial charge in [-0.15, -0.1) is 0 Å².